The fourth-order valence-electron chi connectivity index (χ4n) is 4.06. The third kappa shape index (κ3) is 5.00. The van der Waals surface area contributed by atoms with Crippen LogP contribution in [0.5, 0.6) is 0 Å². The van der Waals surface area contributed by atoms with Crippen LogP contribution in [0.15, 0.2) is 48.7 Å². The normalized spacial score (nSPS) is 15.8. The molecule has 0 radical (unpaired) electrons. The van der Waals surface area contributed by atoms with Gasteiger partial charge in [-0.25, -0.2) is 9.97 Å². The minimum absolute atomic E-state index is 0.730. The van der Waals surface area contributed by atoms with Crippen LogP contribution in [0, 0.1) is 5.92 Å². The molecular formula is C25H28ClN5. The number of hydrogen-bond acceptors (Lipinski definition) is 5. The molecule has 1 saturated carbocycles. The lowest BCUT2D eigenvalue weighted by atomic mass is 10.0. The van der Waals surface area contributed by atoms with Crippen molar-refractivity contribution in [2.75, 3.05) is 30.3 Å². The second kappa shape index (κ2) is 9.25. The third-order valence-electron chi connectivity index (χ3n) is 6.09. The summed E-state index contributed by atoms with van der Waals surface area (Å²) in [6.45, 7) is 3.75. The van der Waals surface area contributed by atoms with Gasteiger partial charge in [-0.05, 0) is 73.5 Å². The molecule has 6 heteroatoms. The SMILES string of the molecule is Clc1ccc2c(c1NCc1ccc(-c3nccc(NCC4CC4)n3)cc1)CCNCC2. The predicted molar refractivity (Wildman–Crippen MR) is 128 cm³/mol. The van der Waals surface area contributed by atoms with Gasteiger partial charge in [-0.3, -0.25) is 0 Å². The Bertz CT molecular complexity index is 1050. The van der Waals surface area contributed by atoms with E-state index in [1.54, 1.807) is 0 Å². The quantitative estimate of drug-likeness (QED) is 0.493. The van der Waals surface area contributed by atoms with Crippen molar-refractivity contribution in [2.24, 2.45) is 5.92 Å². The zero-order valence-corrected chi connectivity index (χ0v) is 18.4. The largest absolute Gasteiger partial charge is 0.380 e. The Morgan fingerprint density at radius 1 is 0.968 bits per heavy atom. The van der Waals surface area contributed by atoms with Gasteiger partial charge in [0.25, 0.3) is 0 Å². The number of aromatic nitrogens is 2. The van der Waals surface area contributed by atoms with Gasteiger partial charge in [0.05, 0.1) is 10.7 Å². The molecule has 5 nitrogen and oxygen atoms in total. The van der Waals surface area contributed by atoms with Crippen LogP contribution in [0.25, 0.3) is 11.4 Å². The topological polar surface area (TPSA) is 61.9 Å². The van der Waals surface area contributed by atoms with E-state index in [2.05, 4.69) is 56.3 Å². The second-order valence-electron chi connectivity index (χ2n) is 8.45. The summed E-state index contributed by atoms with van der Waals surface area (Å²) in [5.74, 6) is 2.47. The van der Waals surface area contributed by atoms with Crippen LogP contribution in [-0.4, -0.2) is 29.6 Å². The maximum Gasteiger partial charge on any atom is 0.161 e. The molecule has 2 aromatic carbocycles. The molecule has 1 aromatic heterocycles. The Kier molecular flexibility index (Phi) is 6.05. The van der Waals surface area contributed by atoms with E-state index >= 15 is 0 Å². The van der Waals surface area contributed by atoms with Crippen molar-refractivity contribution in [3.63, 3.8) is 0 Å². The first-order valence-electron chi connectivity index (χ1n) is 11.2. The van der Waals surface area contributed by atoms with Crippen molar-refractivity contribution in [3.05, 3.63) is 70.4 Å². The lowest BCUT2D eigenvalue weighted by Crippen LogP contribution is -2.16. The Hall–Kier alpha value is -2.63. The van der Waals surface area contributed by atoms with E-state index in [1.807, 2.05) is 18.3 Å². The van der Waals surface area contributed by atoms with Gasteiger partial charge >= 0.3 is 0 Å². The molecule has 0 bridgehead atoms. The van der Waals surface area contributed by atoms with Crippen LogP contribution < -0.4 is 16.0 Å². The van der Waals surface area contributed by atoms with E-state index in [9.17, 15) is 0 Å². The van der Waals surface area contributed by atoms with Gasteiger partial charge in [0.1, 0.15) is 5.82 Å². The number of halogens is 1. The van der Waals surface area contributed by atoms with E-state index in [0.717, 1.165) is 72.9 Å². The van der Waals surface area contributed by atoms with E-state index in [4.69, 9.17) is 11.6 Å². The number of benzene rings is 2. The highest BCUT2D eigenvalue weighted by Gasteiger charge is 2.20. The second-order valence-corrected chi connectivity index (χ2v) is 8.86. The summed E-state index contributed by atoms with van der Waals surface area (Å²) < 4.78 is 0. The average Bonchev–Trinajstić information content (AvgIpc) is 3.65. The van der Waals surface area contributed by atoms with Crippen LogP contribution in [0.4, 0.5) is 11.5 Å². The number of anilines is 2. The van der Waals surface area contributed by atoms with E-state index in [-0.39, 0.29) is 0 Å². The van der Waals surface area contributed by atoms with Gasteiger partial charge in [0.2, 0.25) is 0 Å². The van der Waals surface area contributed by atoms with Crippen LogP contribution in [-0.2, 0) is 19.4 Å². The van der Waals surface area contributed by atoms with Crippen LogP contribution >= 0.6 is 11.6 Å². The molecule has 0 spiro atoms. The molecule has 2 aliphatic rings. The van der Waals surface area contributed by atoms with Crippen molar-refractivity contribution in [1.29, 1.82) is 0 Å². The summed E-state index contributed by atoms with van der Waals surface area (Å²) in [5, 5.41) is 11.3. The summed E-state index contributed by atoms with van der Waals surface area (Å²) in [7, 11) is 0. The number of fused-ring (bicyclic) bond motifs is 1. The summed E-state index contributed by atoms with van der Waals surface area (Å²) >= 11 is 6.54. The van der Waals surface area contributed by atoms with Crippen molar-refractivity contribution in [3.8, 4) is 11.4 Å². The van der Waals surface area contributed by atoms with Crippen LogP contribution in [0.3, 0.4) is 0 Å². The van der Waals surface area contributed by atoms with Gasteiger partial charge in [0, 0.05) is 24.8 Å². The fraction of sp³-hybridized carbons (Fsp3) is 0.360. The molecule has 1 aliphatic heterocycles. The van der Waals surface area contributed by atoms with Gasteiger partial charge in [-0.1, -0.05) is 41.9 Å². The van der Waals surface area contributed by atoms with Gasteiger partial charge in [-0.15, -0.1) is 0 Å². The molecule has 0 atom stereocenters. The molecule has 0 saturated heterocycles. The Balaban J connectivity index is 1.27. The molecule has 0 amide bonds. The molecule has 3 N–H and O–H groups in total. The highest BCUT2D eigenvalue weighted by Crippen LogP contribution is 2.31. The first kappa shape index (κ1) is 20.3. The maximum atomic E-state index is 6.54. The van der Waals surface area contributed by atoms with Crippen LogP contribution in [0.1, 0.15) is 29.5 Å². The minimum Gasteiger partial charge on any atom is -0.380 e. The summed E-state index contributed by atoms with van der Waals surface area (Å²) in [6, 6.07) is 14.6. The average molecular weight is 434 g/mol. The molecule has 3 aromatic rings. The number of nitrogens with one attached hydrogen (secondary N) is 3. The standard InChI is InChI=1S/C25H28ClN5/c26-22-8-7-19-9-12-27-13-10-21(19)24(22)30-16-18-3-5-20(6-4-18)25-28-14-11-23(31-25)29-15-17-1-2-17/h3-8,11,14,17,27,30H,1-2,9-10,12-13,15-16H2,(H,28,29,31). The van der Waals surface area contributed by atoms with Crippen LogP contribution in [0.2, 0.25) is 5.02 Å². The van der Waals surface area contributed by atoms with Gasteiger partial charge in [-0.2, -0.15) is 0 Å². The fourth-order valence-corrected chi connectivity index (χ4v) is 4.31. The molecular weight excluding hydrogens is 406 g/mol. The highest BCUT2D eigenvalue weighted by atomic mass is 35.5. The number of rotatable bonds is 7. The predicted octanol–water partition coefficient (Wildman–Crippen LogP) is 4.92. The highest BCUT2D eigenvalue weighted by molar-refractivity contribution is 6.33. The summed E-state index contributed by atoms with van der Waals surface area (Å²) in [6.07, 6.45) is 6.53. The van der Waals surface area contributed by atoms with Crippen molar-refractivity contribution >= 4 is 23.1 Å². The van der Waals surface area contributed by atoms with Gasteiger partial charge in [0.15, 0.2) is 5.82 Å². The van der Waals surface area contributed by atoms with Gasteiger partial charge < -0.3 is 16.0 Å². The first-order chi connectivity index (χ1) is 15.3. The molecule has 2 heterocycles. The van der Waals surface area contributed by atoms with Crippen molar-refractivity contribution < 1.29 is 0 Å². The minimum atomic E-state index is 0.730. The molecule has 31 heavy (non-hydrogen) atoms. The van der Waals surface area contributed by atoms with Crippen molar-refractivity contribution in [1.82, 2.24) is 15.3 Å². The Labute approximate surface area is 188 Å². The third-order valence-corrected chi connectivity index (χ3v) is 6.40. The lowest BCUT2D eigenvalue weighted by Gasteiger charge is -2.16. The van der Waals surface area contributed by atoms with E-state index in [0.29, 0.717) is 0 Å². The number of nitrogens with zero attached hydrogens (tertiary/aromatic N) is 2. The molecule has 160 valence electrons. The zero-order valence-electron chi connectivity index (χ0n) is 17.6. The Morgan fingerprint density at radius 2 is 1.81 bits per heavy atom. The first-order valence-corrected chi connectivity index (χ1v) is 11.5. The summed E-state index contributed by atoms with van der Waals surface area (Å²) in [5.41, 5.74) is 6.03. The molecule has 0 unspecified atom stereocenters. The number of hydrogen-bond donors (Lipinski definition) is 3. The maximum absolute atomic E-state index is 6.54. The zero-order chi connectivity index (χ0) is 21.0. The molecule has 5 rings (SSSR count). The monoisotopic (exact) mass is 433 g/mol. The molecule has 1 fully saturated rings. The Morgan fingerprint density at radius 3 is 2.65 bits per heavy atom. The van der Waals surface area contributed by atoms with Crippen molar-refractivity contribution in [2.45, 2.75) is 32.2 Å². The lowest BCUT2D eigenvalue weighted by molar-refractivity contribution is 0.711. The van der Waals surface area contributed by atoms with E-state index in [1.165, 1.54) is 29.5 Å². The summed E-state index contributed by atoms with van der Waals surface area (Å²) in [4.78, 5) is 9.13. The van der Waals surface area contributed by atoms with E-state index < -0.39 is 0 Å². The smallest absolute Gasteiger partial charge is 0.161 e. The molecule has 1 aliphatic carbocycles.